The highest BCUT2D eigenvalue weighted by Gasteiger charge is 2.48. The van der Waals surface area contributed by atoms with E-state index in [9.17, 15) is 14.7 Å². The molecule has 0 spiro atoms. The lowest BCUT2D eigenvalue weighted by Crippen LogP contribution is -2.28. The van der Waals surface area contributed by atoms with Crippen molar-refractivity contribution in [2.75, 3.05) is 18.1 Å². The molecule has 34 heavy (non-hydrogen) atoms. The molecule has 4 heterocycles. The zero-order chi connectivity index (χ0) is 23.4. The molecule has 0 radical (unpaired) electrons. The third-order valence-corrected chi connectivity index (χ3v) is 7.75. The van der Waals surface area contributed by atoms with Crippen molar-refractivity contribution in [2.45, 2.75) is 13.0 Å². The normalized spacial score (nSPS) is 19.2. The molecule has 1 unspecified atom stereocenters. The molecule has 0 aliphatic carbocycles. The van der Waals surface area contributed by atoms with E-state index in [0.29, 0.717) is 35.4 Å². The van der Waals surface area contributed by atoms with E-state index < -0.39 is 17.7 Å². The number of carbonyl (C=O) groups excluding carboxylic acids is 2. The van der Waals surface area contributed by atoms with Crippen LogP contribution in [0.25, 0.3) is 16.0 Å². The highest BCUT2D eigenvalue weighted by molar-refractivity contribution is 7.22. The van der Waals surface area contributed by atoms with Crippen molar-refractivity contribution in [1.82, 2.24) is 4.98 Å². The molecular weight excluding hydrogens is 472 g/mol. The van der Waals surface area contributed by atoms with E-state index >= 15 is 0 Å². The lowest BCUT2D eigenvalue weighted by Gasteiger charge is -2.22. The van der Waals surface area contributed by atoms with Crippen molar-refractivity contribution in [3.05, 3.63) is 75.5 Å². The van der Waals surface area contributed by atoms with Gasteiger partial charge in [-0.05, 0) is 54.3 Å². The quantitative estimate of drug-likeness (QED) is 0.245. The number of hydrogen-bond donors (Lipinski definition) is 1. The minimum atomic E-state index is -0.783. The number of carbonyl (C=O) groups is 2. The Kier molecular flexibility index (Phi) is 4.89. The molecule has 2 aromatic carbocycles. The smallest absolute Gasteiger partial charge is 0.301 e. The Hall–Kier alpha value is -3.69. The third kappa shape index (κ3) is 3.27. The summed E-state index contributed by atoms with van der Waals surface area (Å²) in [6, 6.07) is 13.8. The average Bonchev–Trinajstić information content (AvgIpc) is 3.57. The van der Waals surface area contributed by atoms with E-state index in [-0.39, 0.29) is 11.3 Å². The number of aliphatic hydroxyl groups excluding tert-OH is 1. The highest BCUT2D eigenvalue weighted by Crippen LogP contribution is 2.46. The highest BCUT2D eigenvalue weighted by atomic mass is 32.1. The summed E-state index contributed by atoms with van der Waals surface area (Å²) in [5, 5.41) is 13.6. The molecule has 1 saturated heterocycles. The summed E-state index contributed by atoms with van der Waals surface area (Å²) in [4.78, 5) is 33.4. The van der Waals surface area contributed by atoms with Crippen LogP contribution in [0.1, 0.15) is 22.0 Å². The van der Waals surface area contributed by atoms with Gasteiger partial charge in [-0.25, -0.2) is 4.98 Å². The maximum Gasteiger partial charge on any atom is 0.301 e. The van der Waals surface area contributed by atoms with Crippen molar-refractivity contribution in [3.63, 3.8) is 0 Å². The van der Waals surface area contributed by atoms with Gasteiger partial charge in [-0.3, -0.25) is 14.5 Å². The van der Waals surface area contributed by atoms with Crippen molar-refractivity contribution >= 4 is 55.5 Å². The number of fused-ring (bicyclic) bond motifs is 2. The molecular formula is C25H18N2O5S2. The number of benzene rings is 2. The number of aryl methyl sites for hydroxylation is 1. The number of ether oxygens (including phenoxy) is 2. The maximum atomic E-state index is 13.3. The molecule has 2 aliphatic heterocycles. The molecule has 1 amide bonds. The Balaban J connectivity index is 1.52. The zero-order valence-electron chi connectivity index (χ0n) is 18.0. The second kappa shape index (κ2) is 7.96. The van der Waals surface area contributed by atoms with Gasteiger partial charge in [0.25, 0.3) is 5.78 Å². The molecule has 1 atom stereocenters. The van der Waals surface area contributed by atoms with Crippen LogP contribution >= 0.6 is 22.7 Å². The molecule has 0 saturated carbocycles. The van der Waals surface area contributed by atoms with Gasteiger partial charge in [0.2, 0.25) is 0 Å². The fourth-order valence-electron chi connectivity index (χ4n) is 4.21. The number of ketones is 1. The number of thiazole rings is 1. The van der Waals surface area contributed by atoms with Crippen LogP contribution in [-0.2, 0) is 9.59 Å². The van der Waals surface area contributed by atoms with Crippen LogP contribution in [-0.4, -0.2) is 35.0 Å². The van der Waals surface area contributed by atoms with Crippen LogP contribution < -0.4 is 14.4 Å². The van der Waals surface area contributed by atoms with Crippen molar-refractivity contribution < 1.29 is 24.2 Å². The summed E-state index contributed by atoms with van der Waals surface area (Å²) >= 11 is 2.76. The number of amides is 1. The van der Waals surface area contributed by atoms with E-state index in [0.717, 1.165) is 20.7 Å². The Labute approximate surface area is 202 Å². The predicted molar refractivity (Wildman–Crippen MR) is 131 cm³/mol. The second-order valence-corrected chi connectivity index (χ2v) is 10.00. The first-order chi connectivity index (χ1) is 16.5. The number of anilines is 1. The second-order valence-electron chi connectivity index (χ2n) is 8.01. The number of aliphatic hydroxyl groups is 1. The number of aromatic nitrogens is 1. The first-order valence-corrected chi connectivity index (χ1v) is 12.3. The van der Waals surface area contributed by atoms with Gasteiger partial charge in [0.1, 0.15) is 25.0 Å². The van der Waals surface area contributed by atoms with Gasteiger partial charge in [0, 0.05) is 10.4 Å². The molecule has 1 fully saturated rings. The first-order valence-electron chi connectivity index (χ1n) is 10.6. The van der Waals surface area contributed by atoms with Crippen molar-refractivity contribution in [2.24, 2.45) is 0 Å². The Morgan fingerprint density at radius 2 is 1.91 bits per heavy atom. The number of rotatable bonds is 3. The van der Waals surface area contributed by atoms with Crippen LogP contribution in [0.4, 0.5) is 5.13 Å². The third-order valence-electron chi connectivity index (χ3n) is 5.81. The van der Waals surface area contributed by atoms with Gasteiger partial charge in [0.15, 0.2) is 16.6 Å². The van der Waals surface area contributed by atoms with E-state index in [1.165, 1.54) is 27.6 Å². The standard InChI is InChI=1S/C25H18N2O5S2/c1-13-4-6-15-19(11-13)34-25(26-15)27-21(18-3-2-10-33-18)20(23(29)24(27)30)22(28)14-5-7-16-17(12-14)32-9-8-31-16/h2-7,10-12,21,28H,8-9H2,1H3. The summed E-state index contributed by atoms with van der Waals surface area (Å²) in [7, 11) is 0. The van der Waals surface area contributed by atoms with E-state index in [1.807, 2.05) is 42.6 Å². The zero-order valence-corrected chi connectivity index (χ0v) is 19.6. The summed E-state index contributed by atoms with van der Waals surface area (Å²) < 4.78 is 12.1. The molecule has 4 aromatic rings. The summed E-state index contributed by atoms with van der Waals surface area (Å²) in [6.45, 7) is 2.83. The lowest BCUT2D eigenvalue weighted by atomic mass is 9.99. The average molecular weight is 491 g/mol. The van der Waals surface area contributed by atoms with Crippen molar-refractivity contribution in [1.29, 1.82) is 0 Å². The van der Waals surface area contributed by atoms with Gasteiger partial charge in [0.05, 0.1) is 15.8 Å². The number of hydrogen-bond acceptors (Lipinski definition) is 8. The van der Waals surface area contributed by atoms with E-state index in [2.05, 4.69) is 4.98 Å². The topological polar surface area (TPSA) is 89.0 Å². The molecule has 2 aromatic heterocycles. The van der Waals surface area contributed by atoms with Gasteiger partial charge in [-0.1, -0.05) is 23.5 Å². The largest absolute Gasteiger partial charge is 0.507 e. The van der Waals surface area contributed by atoms with E-state index in [4.69, 9.17) is 9.47 Å². The SMILES string of the molecule is Cc1ccc2nc(N3C(=O)C(=O)C(=C(O)c4ccc5c(c4)OCCO5)C3c3cccs3)sc2c1. The molecule has 0 bridgehead atoms. The van der Waals surface area contributed by atoms with Crippen LogP contribution in [0, 0.1) is 6.92 Å². The van der Waals surface area contributed by atoms with Crippen LogP contribution in [0.2, 0.25) is 0 Å². The van der Waals surface area contributed by atoms with Gasteiger partial charge < -0.3 is 14.6 Å². The maximum absolute atomic E-state index is 13.3. The first kappa shape index (κ1) is 20.9. The lowest BCUT2D eigenvalue weighted by molar-refractivity contribution is -0.132. The van der Waals surface area contributed by atoms with Gasteiger partial charge >= 0.3 is 5.91 Å². The minimum Gasteiger partial charge on any atom is -0.507 e. The van der Waals surface area contributed by atoms with Crippen LogP contribution in [0.15, 0.2) is 59.5 Å². The fourth-order valence-corrected chi connectivity index (χ4v) is 6.13. The number of nitrogens with zero attached hydrogens (tertiary/aromatic N) is 2. The van der Waals surface area contributed by atoms with Crippen molar-refractivity contribution in [3.8, 4) is 11.5 Å². The monoisotopic (exact) mass is 490 g/mol. The summed E-state index contributed by atoms with van der Waals surface area (Å²) in [6.07, 6.45) is 0. The molecule has 1 N–H and O–H groups in total. The number of thiophene rings is 1. The van der Waals surface area contributed by atoms with Gasteiger partial charge in [-0.15, -0.1) is 11.3 Å². The predicted octanol–water partition coefficient (Wildman–Crippen LogP) is 5.06. The van der Waals surface area contributed by atoms with Gasteiger partial charge in [-0.2, -0.15) is 0 Å². The molecule has 6 rings (SSSR count). The molecule has 7 nitrogen and oxygen atoms in total. The van der Waals surface area contributed by atoms with E-state index in [1.54, 1.807) is 18.2 Å². The molecule has 2 aliphatic rings. The minimum absolute atomic E-state index is 0.0274. The Morgan fingerprint density at radius 3 is 2.71 bits per heavy atom. The molecule has 9 heteroatoms. The number of Topliss-reactive ketones (excluding diaryl/α,β-unsaturated/α-hetero) is 1. The van der Waals surface area contributed by atoms with Crippen LogP contribution in [0.3, 0.4) is 0 Å². The summed E-state index contributed by atoms with van der Waals surface area (Å²) in [5.74, 6) is -0.663. The Bertz CT molecular complexity index is 1490. The van der Waals surface area contributed by atoms with Crippen LogP contribution in [0.5, 0.6) is 11.5 Å². The molecule has 170 valence electrons. The summed E-state index contributed by atoms with van der Waals surface area (Å²) in [5.41, 5.74) is 2.24. The Morgan fingerprint density at radius 1 is 1.09 bits per heavy atom. The fraction of sp³-hybridized carbons (Fsp3) is 0.160.